The number of nitrogens with zero attached hydrogens (tertiary/aromatic N) is 3. The smallest absolute Gasteiger partial charge is 0.387 e. The Morgan fingerprint density at radius 1 is 1.16 bits per heavy atom. The third kappa shape index (κ3) is 6.43. The average Bonchev–Trinajstić information content (AvgIpc) is 3.26. The van der Waals surface area contributed by atoms with Gasteiger partial charge in [0.2, 0.25) is 0 Å². The van der Waals surface area contributed by atoms with E-state index in [0.29, 0.717) is 23.8 Å². The van der Waals surface area contributed by atoms with Crippen LogP contribution in [0.2, 0.25) is 0 Å². The van der Waals surface area contributed by atoms with Crippen LogP contribution in [0.15, 0.2) is 65.9 Å². The van der Waals surface area contributed by atoms with Crippen LogP contribution in [0.25, 0.3) is 5.69 Å². The summed E-state index contributed by atoms with van der Waals surface area (Å²) in [6.07, 6.45) is 4.55. The molecule has 7 nitrogen and oxygen atoms in total. The first-order valence-corrected chi connectivity index (χ1v) is 9.74. The lowest BCUT2D eigenvalue weighted by atomic mass is 10.2. The fraction of sp³-hybridized carbons (Fsp3) is 0.273. The molecule has 0 aliphatic carbocycles. The molecule has 31 heavy (non-hydrogen) atoms. The van der Waals surface area contributed by atoms with Crippen LogP contribution >= 0.6 is 0 Å². The highest BCUT2D eigenvalue weighted by molar-refractivity contribution is 5.79. The van der Waals surface area contributed by atoms with Gasteiger partial charge in [-0.3, -0.25) is 4.99 Å². The number of para-hydroxylation sites is 1. The number of guanidine groups is 1. The molecule has 1 heterocycles. The largest absolute Gasteiger partial charge is 0.497 e. The van der Waals surface area contributed by atoms with Gasteiger partial charge in [-0.15, -0.1) is 0 Å². The summed E-state index contributed by atoms with van der Waals surface area (Å²) in [5.41, 5.74) is 2.61. The standard InChI is InChI=1S/C22H25F2N5O2/c1-25-22(27-14-17-12-19(30-2)8-9-20(17)31-21(23)24)26-11-10-16-13-28-29(15-16)18-6-4-3-5-7-18/h3-9,12-13,15,21H,10-11,14H2,1-2H3,(H2,25,26,27). The van der Waals surface area contributed by atoms with Crippen LogP contribution in [-0.4, -0.2) is 43.1 Å². The topological polar surface area (TPSA) is 72.7 Å². The molecule has 0 bridgehead atoms. The molecular formula is C22H25F2N5O2. The molecule has 0 spiro atoms. The van der Waals surface area contributed by atoms with E-state index in [1.54, 1.807) is 19.2 Å². The summed E-state index contributed by atoms with van der Waals surface area (Å²) >= 11 is 0. The number of ether oxygens (including phenoxy) is 2. The highest BCUT2D eigenvalue weighted by Crippen LogP contribution is 2.25. The second-order valence-electron chi connectivity index (χ2n) is 6.58. The molecule has 2 N–H and O–H groups in total. The van der Waals surface area contributed by atoms with Crippen LogP contribution in [0.1, 0.15) is 11.1 Å². The van der Waals surface area contributed by atoms with Crippen LogP contribution in [0.5, 0.6) is 11.5 Å². The van der Waals surface area contributed by atoms with Crippen molar-refractivity contribution in [3.05, 3.63) is 72.1 Å². The lowest BCUT2D eigenvalue weighted by molar-refractivity contribution is -0.0504. The Balaban J connectivity index is 1.53. The molecule has 0 aliphatic heterocycles. The molecule has 9 heteroatoms. The van der Waals surface area contributed by atoms with Crippen molar-refractivity contribution in [3.63, 3.8) is 0 Å². The fourth-order valence-corrected chi connectivity index (χ4v) is 2.97. The minimum Gasteiger partial charge on any atom is -0.497 e. The Morgan fingerprint density at radius 3 is 2.68 bits per heavy atom. The third-order valence-electron chi connectivity index (χ3n) is 4.52. The minimum absolute atomic E-state index is 0.0899. The highest BCUT2D eigenvalue weighted by atomic mass is 19.3. The van der Waals surface area contributed by atoms with Crippen molar-refractivity contribution in [1.82, 2.24) is 20.4 Å². The van der Waals surface area contributed by atoms with Crippen LogP contribution < -0.4 is 20.1 Å². The summed E-state index contributed by atoms with van der Waals surface area (Å²) in [6, 6.07) is 14.6. The van der Waals surface area contributed by atoms with E-state index in [4.69, 9.17) is 4.74 Å². The van der Waals surface area contributed by atoms with Crippen molar-refractivity contribution in [2.75, 3.05) is 20.7 Å². The maximum Gasteiger partial charge on any atom is 0.387 e. The number of hydrogen-bond donors (Lipinski definition) is 2. The Bertz CT molecular complexity index is 993. The monoisotopic (exact) mass is 429 g/mol. The van der Waals surface area contributed by atoms with E-state index in [1.165, 1.54) is 13.2 Å². The molecule has 0 aliphatic rings. The minimum atomic E-state index is -2.90. The van der Waals surface area contributed by atoms with Gasteiger partial charge in [-0.2, -0.15) is 13.9 Å². The predicted octanol–water partition coefficient (Wildman–Crippen LogP) is 3.39. The molecule has 0 saturated heterocycles. The van der Waals surface area contributed by atoms with Crippen molar-refractivity contribution >= 4 is 5.96 Å². The Hall–Kier alpha value is -3.62. The van der Waals surface area contributed by atoms with Gasteiger partial charge in [-0.1, -0.05) is 18.2 Å². The molecule has 0 saturated carbocycles. The quantitative estimate of drug-likeness (QED) is 0.403. The van der Waals surface area contributed by atoms with Gasteiger partial charge in [0.15, 0.2) is 5.96 Å². The van der Waals surface area contributed by atoms with E-state index in [9.17, 15) is 8.78 Å². The molecule has 3 rings (SSSR count). The van der Waals surface area contributed by atoms with E-state index in [1.807, 2.05) is 47.4 Å². The van der Waals surface area contributed by atoms with Crippen LogP contribution in [0.4, 0.5) is 8.78 Å². The van der Waals surface area contributed by atoms with Crippen molar-refractivity contribution in [2.24, 2.45) is 4.99 Å². The second kappa shape index (κ2) is 11.0. The van der Waals surface area contributed by atoms with E-state index < -0.39 is 6.61 Å². The zero-order chi connectivity index (χ0) is 22.1. The fourth-order valence-electron chi connectivity index (χ4n) is 2.97. The summed E-state index contributed by atoms with van der Waals surface area (Å²) in [7, 11) is 3.16. The summed E-state index contributed by atoms with van der Waals surface area (Å²) in [5.74, 6) is 1.19. The first-order chi connectivity index (χ1) is 15.1. The Kier molecular flexibility index (Phi) is 7.80. The van der Waals surface area contributed by atoms with Crippen molar-refractivity contribution in [3.8, 4) is 17.2 Å². The number of nitrogens with one attached hydrogen (secondary N) is 2. The first kappa shape index (κ1) is 22.1. The summed E-state index contributed by atoms with van der Waals surface area (Å²) in [4.78, 5) is 4.17. The number of halogens is 2. The number of rotatable bonds is 9. The zero-order valence-electron chi connectivity index (χ0n) is 17.4. The second-order valence-corrected chi connectivity index (χ2v) is 6.58. The number of benzene rings is 2. The summed E-state index contributed by atoms with van der Waals surface area (Å²) in [5, 5.41) is 10.7. The van der Waals surface area contributed by atoms with Crippen molar-refractivity contribution in [2.45, 2.75) is 19.6 Å². The molecule has 0 atom stereocenters. The normalized spacial score (nSPS) is 11.5. The molecular weight excluding hydrogens is 404 g/mol. The van der Waals surface area contributed by atoms with Crippen LogP contribution in [0.3, 0.4) is 0 Å². The lowest BCUT2D eigenvalue weighted by Crippen LogP contribution is -2.37. The average molecular weight is 429 g/mol. The number of aliphatic imine (C=N–C) groups is 1. The SMILES string of the molecule is CN=C(NCCc1cnn(-c2ccccc2)c1)NCc1cc(OC)ccc1OC(F)F. The van der Waals surface area contributed by atoms with Gasteiger partial charge < -0.3 is 20.1 Å². The Labute approximate surface area is 179 Å². The third-order valence-corrected chi connectivity index (χ3v) is 4.52. The van der Waals surface area contributed by atoms with Gasteiger partial charge in [0.25, 0.3) is 0 Å². The molecule has 0 fully saturated rings. The lowest BCUT2D eigenvalue weighted by Gasteiger charge is -2.15. The highest BCUT2D eigenvalue weighted by Gasteiger charge is 2.11. The van der Waals surface area contributed by atoms with Gasteiger partial charge in [-0.05, 0) is 42.3 Å². The molecule has 0 amide bonds. The predicted molar refractivity (Wildman–Crippen MR) is 115 cm³/mol. The van der Waals surface area contributed by atoms with Gasteiger partial charge in [0.1, 0.15) is 11.5 Å². The zero-order valence-corrected chi connectivity index (χ0v) is 17.4. The number of methoxy groups -OCH3 is 1. The van der Waals surface area contributed by atoms with Gasteiger partial charge >= 0.3 is 6.61 Å². The van der Waals surface area contributed by atoms with E-state index >= 15 is 0 Å². The van der Waals surface area contributed by atoms with E-state index in [-0.39, 0.29) is 12.3 Å². The summed E-state index contributed by atoms with van der Waals surface area (Å²) < 4.78 is 36.9. The van der Waals surface area contributed by atoms with Gasteiger partial charge in [0, 0.05) is 31.9 Å². The maximum absolute atomic E-state index is 12.7. The molecule has 0 unspecified atom stereocenters. The van der Waals surface area contributed by atoms with Gasteiger partial charge in [0.05, 0.1) is 19.0 Å². The van der Waals surface area contributed by atoms with E-state index in [0.717, 1.165) is 17.7 Å². The molecule has 1 aromatic heterocycles. The number of alkyl halides is 2. The molecule has 3 aromatic rings. The first-order valence-electron chi connectivity index (χ1n) is 9.74. The summed E-state index contributed by atoms with van der Waals surface area (Å²) in [6.45, 7) is -2.04. The van der Waals surface area contributed by atoms with Crippen molar-refractivity contribution < 1.29 is 18.3 Å². The molecule has 0 radical (unpaired) electrons. The van der Waals surface area contributed by atoms with Crippen LogP contribution in [-0.2, 0) is 13.0 Å². The van der Waals surface area contributed by atoms with Crippen LogP contribution in [0, 0.1) is 0 Å². The Morgan fingerprint density at radius 2 is 1.97 bits per heavy atom. The van der Waals surface area contributed by atoms with E-state index in [2.05, 4.69) is 25.5 Å². The molecule has 2 aromatic carbocycles. The van der Waals surface area contributed by atoms with Gasteiger partial charge in [-0.25, -0.2) is 4.68 Å². The number of hydrogen-bond acceptors (Lipinski definition) is 4. The van der Waals surface area contributed by atoms with Crippen molar-refractivity contribution in [1.29, 1.82) is 0 Å². The molecule has 164 valence electrons. The maximum atomic E-state index is 12.7. The number of aromatic nitrogens is 2.